The van der Waals surface area contributed by atoms with Crippen molar-refractivity contribution in [2.75, 3.05) is 6.61 Å². The molecule has 0 aromatic rings. The van der Waals surface area contributed by atoms with Gasteiger partial charge >= 0.3 is 5.97 Å². The van der Waals surface area contributed by atoms with Gasteiger partial charge < -0.3 is 9.47 Å². The van der Waals surface area contributed by atoms with Crippen LogP contribution in [-0.4, -0.2) is 24.8 Å². The van der Waals surface area contributed by atoms with Gasteiger partial charge in [-0.3, -0.25) is 4.79 Å². The number of nitriles is 1. The molecule has 1 aliphatic rings. The van der Waals surface area contributed by atoms with E-state index in [9.17, 15) is 4.79 Å². The fraction of sp³-hybridized carbons (Fsp3) is 0.778. The maximum absolute atomic E-state index is 10.5. The molecule has 0 saturated carbocycles. The first kappa shape index (κ1) is 10.0. The molecule has 0 aromatic heterocycles. The van der Waals surface area contributed by atoms with E-state index in [0.29, 0.717) is 0 Å². The first-order chi connectivity index (χ1) is 6.22. The normalized spacial score (nSPS) is 27.7. The van der Waals surface area contributed by atoms with Gasteiger partial charge in [0.2, 0.25) is 0 Å². The summed E-state index contributed by atoms with van der Waals surface area (Å²) in [6, 6.07) is 2.06. The summed E-state index contributed by atoms with van der Waals surface area (Å²) >= 11 is 0. The first-order valence-electron chi connectivity index (χ1n) is 4.41. The molecule has 72 valence electrons. The minimum Gasteiger partial charge on any atom is -0.463 e. The van der Waals surface area contributed by atoms with Crippen LogP contribution in [0.3, 0.4) is 0 Å². The molecule has 1 rings (SSSR count). The Kier molecular flexibility index (Phi) is 3.71. The SMILES string of the molecule is CC(=O)OCC1CCCC(C#N)O1. The lowest BCUT2D eigenvalue weighted by Gasteiger charge is -2.25. The van der Waals surface area contributed by atoms with E-state index in [1.54, 1.807) is 0 Å². The number of carbonyl (C=O) groups excluding carboxylic acids is 1. The smallest absolute Gasteiger partial charge is 0.302 e. The monoisotopic (exact) mass is 183 g/mol. The third kappa shape index (κ3) is 3.43. The molecule has 0 radical (unpaired) electrons. The second-order valence-corrected chi connectivity index (χ2v) is 3.11. The van der Waals surface area contributed by atoms with Crippen molar-refractivity contribution < 1.29 is 14.3 Å². The van der Waals surface area contributed by atoms with Crippen LogP contribution in [0.4, 0.5) is 0 Å². The summed E-state index contributed by atoms with van der Waals surface area (Å²) in [6.07, 6.45) is 2.19. The van der Waals surface area contributed by atoms with E-state index in [4.69, 9.17) is 14.7 Å². The Bertz CT molecular complexity index is 221. The molecule has 1 aliphatic heterocycles. The number of hydrogen-bond acceptors (Lipinski definition) is 4. The van der Waals surface area contributed by atoms with Gasteiger partial charge in [0.25, 0.3) is 0 Å². The third-order valence-corrected chi connectivity index (χ3v) is 1.97. The minimum atomic E-state index is -0.325. The minimum absolute atomic E-state index is 0.0951. The molecule has 0 aromatic carbocycles. The van der Waals surface area contributed by atoms with Crippen molar-refractivity contribution in [3.8, 4) is 6.07 Å². The maximum Gasteiger partial charge on any atom is 0.302 e. The third-order valence-electron chi connectivity index (χ3n) is 1.97. The van der Waals surface area contributed by atoms with Crippen molar-refractivity contribution in [1.29, 1.82) is 5.26 Å². The number of ether oxygens (including phenoxy) is 2. The first-order valence-corrected chi connectivity index (χ1v) is 4.41. The Morgan fingerprint density at radius 3 is 3.08 bits per heavy atom. The Labute approximate surface area is 77.4 Å². The van der Waals surface area contributed by atoms with Crippen LogP contribution in [0.25, 0.3) is 0 Å². The molecule has 13 heavy (non-hydrogen) atoms. The molecule has 2 atom stereocenters. The second-order valence-electron chi connectivity index (χ2n) is 3.11. The largest absolute Gasteiger partial charge is 0.463 e. The van der Waals surface area contributed by atoms with Crippen LogP contribution in [-0.2, 0) is 14.3 Å². The summed E-state index contributed by atoms with van der Waals surface area (Å²) in [7, 11) is 0. The fourth-order valence-electron chi connectivity index (χ4n) is 1.33. The Balaban J connectivity index is 2.27. The van der Waals surface area contributed by atoms with Gasteiger partial charge in [-0.25, -0.2) is 0 Å². The second kappa shape index (κ2) is 4.83. The van der Waals surface area contributed by atoms with Crippen molar-refractivity contribution in [3.63, 3.8) is 0 Å². The van der Waals surface area contributed by atoms with E-state index < -0.39 is 0 Å². The molecule has 4 heteroatoms. The summed E-state index contributed by atoms with van der Waals surface area (Å²) in [4.78, 5) is 10.5. The van der Waals surface area contributed by atoms with E-state index in [1.165, 1.54) is 6.92 Å². The lowest BCUT2D eigenvalue weighted by molar-refractivity contribution is -0.147. The summed E-state index contributed by atoms with van der Waals surface area (Å²) < 4.78 is 10.1. The van der Waals surface area contributed by atoms with Crippen LogP contribution in [0, 0.1) is 11.3 Å². The predicted octanol–water partition coefficient (Wildman–Crippen LogP) is 1.01. The highest BCUT2D eigenvalue weighted by atomic mass is 16.6. The molecule has 1 fully saturated rings. The number of esters is 1. The van der Waals surface area contributed by atoms with Crippen LogP contribution in [0.5, 0.6) is 0 Å². The molecule has 4 nitrogen and oxygen atoms in total. The van der Waals surface area contributed by atoms with Crippen LogP contribution in [0.1, 0.15) is 26.2 Å². The van der Waals surface area contributed by atoms with E-state index in [0.717, 1.165) is 19.3 Å². The highest BCUT2D eigenvalue weighted by Crippen LogP contribution is 2.18. The predicted molar refractivity (Wildman–Crippen MR) is 44.8 cm³/mol. The van der Waals surface area contributed by atoms with Crippen molar-refractivity contribution in [2.45, 2.75) is 38.4 Å². The number of rotatable bonds is 2. The van der Waals surface area contributed by atoms with Gasteiger partial charge in [0, 0.05) is 6.92 Å². The molecule has 1 saturated heterocycles. The average Bonchev–Trinajstić information content (AvgIpc) is 2.15. The van der Waals surface area contributed by atoms with E-state index in [-0.39, 0.29) is 24.8 Å². The standard InChI is InChI=1S/C9H13NO3/c1-7(11)12-6-9-4-2-3-8(5-10)13-9/h8-9H,2-4,6H2,1H3. The zero-order valence-corrected chi connectivity index (χ0v) is 7.66. The molecule has 0 spiro atoms. The van der Waals surface area contributed by atoms with Crippen molar-refractivity contribution in [2.24, 2.45) is 0 Å². The zero-order chi connectivity index (χ0) is 9.68. The van der Waals surface area contributed by atoms with E-state index in [2.05, 4.69) is 6.07 Å². The molecule has 0 amide bonds. The van der Waals surface area contributed by atoms with Crippen molar-refractivity contribution in [3.05, 3.63) is 0 Å². The Morgan fingerprint density at radius 2 is 2.46 bits per heavy atom. The quantitative estimate of drug-likeness (QED) is 0.599. The van der Waals surface area contributed by atoms with E-state index >= 15 is 0 Å². The van der Waals surface area contributed by atoms with Gasteiger partial charge in [0.05, 0.1) is 12.2 Å². The van der Waals surface area contributed by atoms with Gasteiger partial charge in [-0.15, -0.1) is 0 Å². The highest BCUT2D eigenvalue weighted by Gasteiger charge is 2.22. The molecule has 0 bridgehead atoms. The van der Waals surface area contributed by atoms with Gasteiger partial charge in [0.1, 0.15) is 12.7 Å². The van der Waals surface area contributed by atoms with Crippen LogP contribution < -0.4 is 0 Å². The van der Waals surface area contributed by atoms with Crippen molar-refractivity contribution >= 4 is 5.97 Å². The summed E-state index contributed by atoms with van der Waals surface area (Å²) in [5, 5.41) is 8.60. The lowest BCUT2D eigenvalue weighted by atomic mass is 10.1. The van der Waals surface area contributed by atoms with Crippen molar-refractivity contribution in [1.82, 2.24) is 0 Å². The molecule has 0 aliphatic carbocycles. The average molecular weight is 183 g/mol. The maximum atomic E-state index is 10.5. The summed E-state index contributed by atoms with van der Waals surface area (Å²) in [5.41, 5.74) is 0. The number of carbonyl (C=O) groups is 1. The Morgan fingerprint density at radius 1 is 1.69 bits per heavy atom. The topological polar surface area (TPSA) is 59.3 Å². The molecule has 1 heterocycles. The summed E-state index contributed by atoms with van der Waals surface area (Å²) in [5.74, 6) is -0.303. The molecular formula is C9H13NO3. The zero-order valence-electron chi connectivity index (χ0n) is 7.66. The summed E-state index contributed by atoms with van der Waals surface area (Å²) in [6.45, 7) is 1.64. The fourth-order valence-corrected chi connectivity index (χ4v) is 1.33. The lowest BCUT2D eigenvalue weighted by Crippen LogP contribution is -2.30. The van der Waals surface area contributed by atoms with Crippen LogP contribution in [0.2, 0.25) is 0 Å². The van der Waals surface area contributed by atoms with Gasteiger partial charge in [-0.05, 0) is 19.3 Å². The van der Waals surface area contributed by atoms with Crippen LogP contribution in [0.15, 0.2) is 0 Å². The van der Waals surface area contributed by atoms with Gasteiger partial charge in [-0.2, -0.15) is 5.26 Å². The molecular weight excluding hydrogens is 170 g/mol. The number of hydrogen-bond donors (Lipinski definition) is 0. The van der Waals surface area contributed by atoms with Gasteiger partial charge in [-0.1, -0.05) is 0 Å². The number of nitrogens with zero attached hydrogens (tertiary/aromatic N) is 1. The Hall–Kier alpha value is -1.08. The van der Waals surface area contributed by atoms with Gasteiger partial charge in [0.15, 0.2) is 0 Å². The molecule has 2 unspecified atom stereocenters. The molecule has 0 N–H and O–H groups in total. The van der Waals surface area contributed by atoms with Crippen LogP contribution >= 0.6 is 0 Å². The van der Waals surface area contributed by atoms with E-state index in [1.807, 2.05) is 0 Å². The highest BCUT2D eigenvalue weighted by molar-refractivity contribution is 5.65.